The minimum absolute atomic E-state index is 0.00963. The van der Waals surface area contributed by atoms with Gasteiger partial charge in [0.15, 0.2) is 6.61 Å². The first kappa shape index (κ1) is 24.3. The molecular formula is C21H23Cl2F3N2O2. The second-order valence-electron chi connectivity index (χ2n) is 6.56. The van der Waals surface area contributed by atoms with Crippen molar-refractivity contribution >= 4 is 34.8 Å². The number of alkyl halides is 3. The van der Waals surface area contributed by atoms with E-state index in [1.807, 2.05) is 6.07 Å². The molecule has 164 valence electrons. The van der Waals surface area contributed by atoms with Gasteiger partial charge in [0.1, 0.15) is 5.75 Å². The Bertz CT molecular complexity index is 872. The molecule has 4 nitrogen and oxygen atoms in total. The highest BCUT2D eigenvalue weighted by Gasteiger charge is 2.31. The van der Waals surface area contributed by atoms with Crippen LogP contribution in [0.5, 0.6) is 5.75 Å². The maximum atomic E-state index is 12.7. The molecule has 2 rings (SSSR count). The lowest BCUT2D eigenvalue weighted by atomic mass is 10.1. The van der Waals surface area contributed by atoms with Crippen LogP contribution in [0.25, 0.3) is 0 Å². The van der Waals surface area contributed by atoms with Crippen LogP contribution in [-0.2, 0) is 17.4 Å². The minimum atomic E-state index is -4.50. The molecule has 0 fully saturated rings. The van der Waals surface area contributed by atoms with E-state index in [0.717, 1.165) is 49.8 Å². The van der Waals surface area contributed by atoms with Gasteiger partial charge in [0.25, 0.3) is 5.91 Å². The van der Waals surface area contributed by atoms with Gasteiger partial charge in [0.2, 0.25) is 0 Å². The number of amides is 1. The smallest absolute Gasteiger partial charge is 0.416 e. The van der Waals surface area contributed by atoms with Gasteiger partial charge in [-0.25, -0.2) is 0 Å². The molecule has 0 bridgehead atoms. The Morgan fingerprint density at radius 3 is 2.33 bits per heavy atom. The SMILES string of the molecule is CCN(CC)CCc1ccc(NC(=O)COc2ccc(C(F)(F)F)cc2Cl)cc1Cl. The third kappa shape index (κ3) is 7.07. The van der Waals surface area contributed by atoms with E-state index < -0.39 is 24.3 Å². The fourth-order valence-electron chi connectivity index (χ4n) is 2.78. The third-order valence-electron chi connectivity index (χ3n) is 4.55. The number of rotatable bonds is 9. The van der Waals surface area contributed by atoms with E-state index in [4.69, 9.17) is 27.9 Å². The molecule has 2 aromatic rings. The molecule has 9 heteroatoms. The van der Waals surface area contributed by atoms with Crippen molar-refractivity contribution < 1.29 is 22.7 Å². The summed E-state index contributed by atoms with van der Waals surface area (Å²) < 4.78 is 43.2. The molecule has 0 saturated carbocycles. The first-order chi connectivity index (χ1) is 14.1. The average Bonchev–Trinajstić information content (AvgIpc) is 2.68. The molecular weight excluding hydrogens is 440 g/mol. The van der Waals surface area contributed by atoms with Gasteiger partial charge in [0, 0.05) is 17.3 Å². The predicted molar refractivity (Wildman–Crippen MR) is 114 cm³/mol. The Balaban J connectivity index is 1.91. The number of hydrogen-bond donors (Lipinski definition) is 1. The quantitative estimate of drug-likeness (QED) is 0.503. The van der Waals surface area contributed by atoms with Gasteiger partial charge >= 0.3 is 6.18 Å². The van der Waals surface area contributed by atoms with Gasteiger partial charge in [-0.1, -0.05) is 43.1 Å². The van der Waals surface area contributed by atoms with Crippen LogP contribution >= 0.6 is 23.2 Å². The van der Waals surface area contributed by atoms with Gasteiger partial charge in [-0.05, 0) is 55.4 Å². The largest absolute Gasteiger partial charge is 0.482 e. The summed E-state index contributed by atoms with van der Waals surface area (Å²) >= 11 is 12.1. The highest BCUT2D eigenvalue weighted by Crippen LogP contribution is 2.34. The van der Waals surface area contributed by atoms with Crippen molar-refractivity contribution in [3.05, 3.63) is 57.6 Å². The summed E-state index contributed by atoms with van der Waals surface area (Å²) in [7, 11) is 0. The average molecular weight is 463 g/mol. The maximum Gasteiger partial charge on any atom is 0.416 e. The number of likely N-dealkylation sites (N-methyl/N-ethyl adjacent to an activating group) is 1. The molecule has 0 aliphatic rings. The fourth-order valence-corrected chi connectivity index (χ4v) is 3.29. The minimum Gasteiger partial charge on any atom is -0.482 e. The summed E-state index contributed by atoms with van der Waals surface area (Å²) in [6, 6.07) is 7.94. The van der Waals surface area contributed by atoms with Crippen molar-refractivity contribution in [1.82, 2.24) is 4.90 Å². The van der Waals surface area contributed by atoms with Crippen molar-refractivity contribution in [3.8, 4) is 5.75 Å². The Hall–Kier alpha value is -1.96. The van der Waals surface area contributed by atoms with Gasteiger partial charge < -0.3 is 15.0 Å². The number of ether oxygens (including phenoxy) is 1. The first-order valence-corrected chi connectivity index (χ1v) is 10.2. The number of anilines is 1. The molecule has 0 aliphatic carbocycles. The Labute approximate surface area is 183 Å². The topological polar surface area (TPSA) is 41.6 Å². The number of halogens is 5. The van der Waals surface area contributed by atoms with E-state index in [0.29, 0.717) is 10.7 Å². The summed E-state index contributed by atoms with van der Waals surface area (Å²) in [6.45, 7) is 6.61. The first-order valence-electron chi connectivity index (χ1n) is 9.44. The number of nitrogens with one attached hydrogen (secondary N) is 1. The summed E-state index contributed by atoms with van der Waals surface area (Å²) in [5, 5.41) is 2.96. The van der Waals surface area contributed by atoms with Crippen LogP contribution in [0.2, 0.25) is 10.0 Å². The van der Waals surface area contributed by atoms with Crippen molar-refractivity contribution in [2.24, 2.45) is 0 Å². The molecule has 0 heterocycles. The van der Waals surface area contributed by atoms with E-state index in [2.05, 4.69) is 24.1 Å². The van der Waals surface area contributed by atoms with Crippen LogP contribution in [0, 0.1) is 0 Å². The van der Waals surface area contributed by atoms with E-state index in [1.165, 1.54) is 0 Å². The number of nitrogens with zero attached hydrogens (tertiary/aromatic N) is 1. The Kier molecular flexibility index (Phi) is 8.82. The van der Waals surface area contributed by atoms with Gasteiger partial charge in [0.05, 0.1) is 10.6 Å². The summed E-state index contributed by atoms with van der Waals surface area (Å²) in [6.07, 6.45) is -3.71. The molecule has 0 spiro atoms. The normalized spacial score (nSPS) is 11.6. The molecule has 0 radical (unpaired) electrons. The van der Waals surface area contributed by atoms with Crippen molar-refractivity contribution in [1.29, 1.82) is 0 Å². The molecule has 0 unspecified atom stereocenters. The molecule has 30 heavy (non-hydrogen) atoms. The third-order valence-corrected chi connectivity index (χ3v) is 5.19. The number of carbonyl (C=O) groups excluding carboxylic acids is 1. The molecule has 0 aromatic heterocycles. The van der Waals surface area contributed by atoms with Crippen LogP contribution in [0.15, 0.2) is 36.4 Å². The van der Waals surface area contributed by atoms with Gasteiger partial charge in [-0.15, -0.1) is 0 Å². The van der Waals surface area contributed by atoms with E-state index in [9.17, 15) is 18.0 Å². The molecule has 1 N–H and O–H groups in total. The lowest BCUT2D eigenvalue weighted by molar-refractivity contribution is -0.137. The lowest BCUT2D eigenvalue weighted by Gasteiger charge is -2.18. The second-order valence-corrected chi connectivity index (χ2v) is 7.38. The van der Waals surface area contributed by atoms with Crippen LogP contribution in [0.3, 0.4) is 0 Å². The number of benzene rings is 2. The molecule has 2 aromatic carbocycles. The number of hydrogen-bond acceptors (Lipinski definition) is 3. The van der Waals surface area contributed by atoms with Crippen LogP contribution in [-0.4, -0.2) is 37.0 Å². The zero-order valence-corrected chi connectivity index (χ0v) is 18.2. The molecule has 0 atom stereocenters. The Morgan fingerprint density at radius 1 is 1.07 bits per heavy atom. The van der Waals surface area contributed by atoms with Gasteiger partial charge in [-0.2, -0.15) is 13.2 Å². The maximum absolute atomic E-state index is 12.7. The molecule has 0 saturated heterocycles. The zero-order chi connectivity index (χ0) is 22.3. The summed E-state index contributed by atoms with van der Waals surface area (Å²) in [5.41, 5.74) is 0.591. The van der Waals surface area contributed by atoms with E-state index in [1.54, 1.807) is 12.1 Å². The monoisotopic (exact) mass is 462 g/mol. The fraction of sp³-hybridized carbons (Fsp3) is 0.381. The summed E-state index contributed by atoms with van der Waals surface area (Å²) in [4.78, 5) is 14.4. The molecule has 1 amide bonds. The lowest BCUT2D eigenvalue weighted by Crippen LogP contribution is -2.25. The van der Waals surface area contributed by atoms with Crippen molar-refractivity contribution in [2.75, 3.05) is 31.6 Å². The van der Waals surface area contributed by atoms with Crippen LogP contribution in [0.1, 0.15) is 25.0 Å². The summed E-state index contributed by atoms with van der Waals surface area (Å²) in [5.74, 6) is -0.498. The van der Waals surface area contributed by atoms with Crippen molar-refractivity contribution in [3.63, 3.8) is 0 Å². The predicted octanol–water partition coefficient (Wildman–Crippen LogP) is 5.91. The highest BCUT2D eigenvalue weighted by molar-refractivity contribution is 6.32. The number of carbonyl (C=O) groups is 1. The second kappa shape index (κ2) is 10.9. The zero-order valence-electron chi connectivity index (χ0n) is 16.7. The van der Waals surface area contributed by atoms with E-state index >= 15 is 0 Å². The van der Waals surface area contributed by atoms with E-state index in [-0.39, 0.29) is 10.8 Å². The Morgan fingerprint density at radius 2 is 1.77 bits per heavy atom. The standard InChI is InChI=1S/C21H23Cl2F3N2O2/c1-3-28(4-2)10-9-14-5-7-16(12-17(14)22)27-20(29)13-30-19-8-6-15(11-18(19)23)21(24,25)26/h5-8,11-12H,3-4,9-10,13H2,1-2H3,(H,27,29). The highest BCUT2D eigenvalue weighted by atomic mass is 35.5. The van der Waals surface area contributed by atoms with Crippen LogP contribution in [0.4, 0.5) is 18.9 Å². The van der Waals surface area contributed by atoms with Crippen molar-refractivity contribution in [2.45, 2.75) is 26.4 Å². The van der Waals surface area contributed by atoms with Crippen LogP contribution < -0.4 is 10.1 Å². The van der Waals surface area contributed by atoms with Gasteiger partial charge in [-0.3, -0.25) is 4.79 Å². The molecule has 0 aliphatic heterocycles.